The molecule has 47 heavy (non-hydrogen) atoms. The lowest BCUT2D eigenvalue weighted by Gasteiger charge is -2.35. The Morgan fingerprint density at radius 2 is 1.79 bits per heavy atom. The van der Waals surface area contributed by atoms with Crippen LogP contribution in [0, 0.1) is 0 Å². The van der Waals surface area contributed by atoms with Crippen LogP contribution in [0.2, 0.25) is 0 Å². The molecule has 12 heteroatoms. The summed E-state index contributed by atoms with van der Waals surface area (Å²) >= 11 is 0. The van der Waals surface area contributed by atoms with Crippen molar-refractivity contribution in [1.29, 1.82) is 0 Å². The molecule has 1 saturated heterocycles. The minimum atomic E-state index is -0.341. The summed E-state index contributed by atoms with van der Waals surface area (Å²) in [7, 11) is 7.29. The number of methoxy groups -OCH3 is 1. The average Bonchev–Trinajstić information content (AvgIpc) is 3.09. The van der Waals surface area contributed by atoms with Crippen LogP contribution in [0.5, 0.6) is 0 Å². The zero-order valence-corrected chi connectivity index (χ0v) is 27.2. The van der Waals surface area contributed by atoms with Gasteiger partial charge >= 0.3 is 0 Å². The molecule has 6 rings (SSSR count). The molecule has 0 atom stereocenters. The van der Waals surface area contributed by atoms with Gasteiger partial charge in [-0.1, -0.05) is 12.1 Å². The molecule has 1 aliphatic rings. The Labute approximate surface area is 273 Å². The number of anilines is 4. The molecule has 2 aromatic carbocycles. The van der Waals surface area contributed by atoms with Crippen LogP contribution in [0.25, 0.3) is 27.6 Å². The van der Waals surface area contributed by atoms with E-state index in [9.17, 15) is 14.7 Å². The second-order valence-electron chi connectivity index (χ2n) is 11.9. The highest BCUT2D eigenvalue weighted by Crippen LogP contribution is 2.30. The number of hydrogen-bond donors (Lipinski definition) is 2. The van der Waals surface area contributed by atoms with Crippen LogP contribution in [0.15, 0.2) is 82.8 Å². The molecule has 4 heterocycles. The molecule has 0 amide bonds. The number of nitrogens with zero attached hydrogens (tertiary/aromatic N) is 7. The van der Waals surface area contributed by atoms with Gasteiger partial charge in [-0.15, -0.1) is 0 Å². The van der Waals surface area contributed by atoms with Crippen LogP contribution in [-0.4, -0.2) is 89.9 Å². The minimum Gasteiger partial charge on any atom is -0.392 e. The molecule has 1 fully saturated rings. The molecule has 5 aromatic rings. The maximum absolute atomic E-state index is 13.6. The lowest BCUT2D eigenvalue weighted by molar-refractivity contribution is 0.144. The van der Waals surface area contributed by atoms with Crippen molar-refractivity contribution in [3.8, 4) is 16.8 Å². The third-order valence-corrected chi connectivity index (χ3v) is 8.68. The molecule has 2 N–H and O–H groups in total. The van der Waals surface area contributed by atoms with Gasteiger partial charge < -0.3 is 29.5 Å². The highest BCUT2D eigenvalue weighted by molar-refractivity contribution is 5.85. The molecule has 244 valence electrons. The molecule has 0 bridgehead atoms. The van der Waals surface area contributed by atoms with E-state index in [-0.39, 0.29) is 17.7 Å². The molecular formula is C35H40N8O4. The summed E-state index contributed by atoms with van der Waals surface area (Å²) < 4.78 is 8.01. The summed E-state index contributed by atoms with van der Waals surface area (Å²) in [6, 6.07) is 16.7. The van der Waals surface area contributed by atoms with E-state index in [4.69, 9.17) is 4.74 Å². The maximum Gasteiger partial charge on any atom is 0.279 e. The Morgan fingerprint density at radius 1 is 0.979 bits per heavy atom. The van der Waals surface area contributed by atoms with E-state index in [2.05, 4.69) is 25.2 Å². The number of fused-ring (bicyclic) bond motifs is 1. The first kappa shape index (κ1) is 31.9. The number of benzene rings is 2. The number of nitrogens with one attached hydrogen (secondary N) is 1. The second-order valence-corrected chi connectivity index (χ2v) is 11.9. The molecule has 0 saturated carbocycles. The Morgan fingerprint density at radius 3 is 2.49 bits per heavy atom. The van der Waals surface area contributed by atoms with Crippen LogP contribution in [0.4, 0.5) is 22.9 Å². The standard InChI is InChI=1S/C35H40N8O4/c1-39(2)26-8-10-29-24(18-26)20-37-43(34(29)45)32-7-5-6-28(30(32)23-44)25-19-31(35(46)40(3)22-25)38-33-11-9-27(21-36-33)42-14-12-41(13-15-42)16-17-47-4/h5-11,18-22,44H,12-17,23H2,1-4H3,(H,36,38). The largest absolute Gasteiger partial charge is 0.392 e. The third kappa shape index (κ3) is 6.61. The molecule has 3 aromatic heterocycles. The van der Waals surface area contributed by atoms with Crippen LogP contribution in [0.1, 0.15) is 5.56 Å². The first-order valence-corrected chi connectivity index (χ1v) is 15.6. The van der Waals surface area contributed by atoms with E-state index in [0.29, 0.717) is 39.3 Å². The van der Waals surface area contributed by atoms with Crippen molar-refractivity contribution >= 4 is 33.7 Å². The highest BCUT2D eigenvalue weighted by atomic mass is 16.5. The quantitative estimate of drug-likeness (QED) is 0.237. The van der Waals surface area contributed by atoms with Gasteiger partial charge in [0.1, 0.15) is 11.5 Å². The Balaban J connectivity index is 1.28. The second kappa shape index (κ2) is 13.8. The fourth-order valence-corrected chi connectivity index (χ4v) is 5.98. The fraction of sp³-hybridized carbons (Fsp3) is 0.314. The van der Waals surface area contributed by atoms with Gasteiger partial charge in [0.05, 0.1) is 42.4 Å². The Hall–Kier alpha value is -5.04. The van der Waals surface area contributed by atoms with Gasteiger partial charge in [0.15, 0.2) is 0 Å². The predicted molar refractivity (Wildman–Crippen MR) is 186 cm³/mol. The van der Waals surface area contributed by atoms with Gasteiger partial charge in [-0.05, 0) is 48.0 Å². The molecule has 12 nitrogen and oxygen atoms in total. The van der Waals surface area contributed by atoms with Crippen molar-refractivity contribution in [2.24, 2.45) is 7.05 Å². The minimum absolute atomic E-state index is 0.224. The van der Waals surface area contributed by atoms with Crippen molar-refractivity contribution in [3.05, 3.63) is 99.5 Å². The monoisotopic (exact) mass is 636 g/mol. The maximum atomic E-state index is 13.6. The summed E-state index contributed by atoms with van der Waals surface area (Å²) in [4.78, 5) is 38.1. The molecule has 0 radical (unpaired) electrons. The number of ether oxygens (including phenoxy) is 1. The summed E-state index contributed by atoms with van der Waals surface area (Å²) in [6.07, 6.45) is 5.20. The molecule has 1 aliphatic heterocycles. The lowest BCUT2D eigenvalue weighted by Crippen LogP contribution is -2.47. The normalized spacial score (nSPS) is 13.7. The smallest absolute Gasteiger partial charge is 0.279 e. The highest BCUT2D eigenvalue weighted by Gasteiger charge is 2.19. The molecular weight excluding hydrogens is 596 g/mol. The number of aliphatic hydroxyl groups excluding tert-OH is 1. The van der Waals surface area contributed by atoms with Gasteiger partial charge in [-0.2, -0.15) is 9.78 Å². The SMILES string of the molecule is COCCN1CCN(c2ccc(Nc3cc(-c4cccc(-n5ncc6cc(N(C)C)ccc6c5=O)c4CO)cn(C)c3=O)nc2)CC1. The number of aryl methyl sites for hydroxylation is 1. The first-order chi connectivity index (χ1) is 22.8. The average molecular weight is 637 g/mol. The van der Waals surface area contributed by atoms with Crippen molar-refractivity contribution in [1.82, 2.24) is 24.2 Å². The van der Waals surface area contributed by atoms with Gasteiger partial charge in [0.2, 0.25) is 0 Å². The summed E-state index contributed by atoms with van der Waals surface area (Å²) in [6.45, 7) is 5.07. The van der Waals surface area contributed by atoms with Crippen molar-refractivity contribution in [2.75, 3.05) is 75.7 Å². The van der Waals surface area contributed by atoms with Crippen molar-refractivity contribution < 1.29 is 9.84 Å². The summed E-state index contributed by atoms with van der Waals surface area (Å²) in [5.74, 6) is 0.544. The third-order valence-electron chi connectivity index (χ3n) is 8.68. The molecule has 0 unspecified atom stereocenters. The lowest BCUT2D eigenvalue weighted by atomic mass is 9.99. The van der Waals surface area contributed by atoms with Crippen LogP contribution >= 0.6 is 0 Å². The number of hydrogen-bond acceptors (Lipinski definition) is 10. The van der Waals surface area contributed by atoms with Crippen molar-refractivity contribution in [3.63, 3.8) is 0 Å². The summed E-state index contributed by atoms with van der Waals surface area (Å²) in [5, 5.41) is 19.5. The van der Waals surface area contributed by atoms with E-state index in [1.807, 2.05) is 61.6 Å². The van der Waals surface area contributed by atoms with Crippen LogP contribution in [-0.2, 0) is 18.4 Å². The van der Waals surface area contributed by atoms with E-state index >= 15 is 0 Å². The summed E-state index contributed by atoms with van der Waals surface area (Å²) in [5.41, 5.74) is 4.17. The number of piperazine rings is 1. The van der Waals surface area contributed by atoms with E-state index in [1.165, 1.54) is 9.25 Å². The molecule has 0 aliphatic carbocycles. The number of aromatic nitrogens is 4. The number of pyridine rings is 2. The Kier molecular flexibility index (Phi) is 9.34. The van der Waals surface area contributed by atoms with Crippen LogP contribution in [0.3, 0.4) is 0 Å². The van der Waals surface area contributed by atoms with E-state index < -0.39 is 0 Å². The number of aliphatic hydroxyl groups is 1. The predicted octanol–water partition coefficient (Wildman–Crippen LogP) is 3.22. The van der Waals surface area contributed by atoms with E-state index in [0.717, 1.165) is 56.1 Å². The zero-order valence-electron chi connectivity index (χ0n) is 27.2. The van der Waals surface area contributed by atoms with Gasteiger partial charge in [-0.25, -0.2) is 4.98 Å². The van der Waals surface area contributed by atoms with Gasteiger partial charge in [0.25, 0.3) is 11.1 Å². The topological polar surface area (TPSA) is 121 Å². The van der Waals surface area contributed by atoms with Gasteiger partial charge in [0, 0.05) is 89.4 Å². The first-order valence-electron chi connectivity index (χ1n) is 15.6. The van der Waals surface area contributed by atoms with Crippen LogP contribution < -0.4 is 26.2 Å². The fourth-order valence-electron chi connectivity index (χ4n) is 5.98. The number of rotatable bonds is 10. The Bertz CT molecular complexity index is 2000. The zero-order chi connectivity index (χ0) is 33.1. The molecule has 0 spiro atoms. The van der Waals surface area contributed by atoms with Crippen molar-refractivity contribution in [2.45, 2.75) is 6.61 Å². The van der Waals surface area contributed by atoms with Gasteiger partial charge in [-0.3, -0.25) is 14.5 Å². The van der Waals surface area contributed by atoms with E-state index in [1.54, 1.807) is 44.8 Å².